The van der Waals surface area contributed by atoms with Crippen molar-refractivity contribution in [2.75, 3.05) is 25.0 Å². The van der Waals surface area contributed by atoms with Crippen LogP contribution >= 0.6 is 0 Å². The highest BCUT2D eigenvalue weighted by Gasteiger charge is 2.23. The number of nitro benzene ring substituents is 1. The van der Waals surface area contributed by atoms with Crippen molar-refractivity contribution in [1.82, 2.24) is 4.90 Å². The summed E-state index contributed by atoms with van der Waals surface area (Å²) in [6, 6.07) is 7.24. The maximum Gasteiger partial charge on any atom is 0.269 e. The topological polar surface area (TPSA) is 58.4 Å². The minimum atomic E-state index is -0.356. The molecule has 0 unspecified atom stereocenters. The van der Waals surface area contributed by atoms with Gasteiger partial charge in [-0.2, -0.15) is 0 Å². The Labute approximate surface area is 131 Å². The van der Waals surface area contributed by atoms with E-state index in [9.17, 15) is 10.1 Å². The van der Waals surface area contributed by atoms with E-state index in [1.165, 1.54) is 45.3 Å². The molecule has 1 aliphatic carbocycles. The smallest absolute Gasteiger partial charge is 0.269 e. The molecule has 1 aromatic carbocycles. The maximum atomic E-state index is 10.7. The third-order valence-electron chi connectivity index (χ3n) is 5.03. The SMILES string of the molecule is O=[N+]([O-])c1ccc(NC2CCN(CC3CCCC3)CC2)cc1. The minimum absolute atomic E-state index is 0.150. The standard InChI is InChI=1S/C17H25N3O2/c21-20(22)17-7-5-15(6-8-17)18-16-9-11-19(12-10-16)13-14-3-1-2-4-14/h5-8,14,16,18H,1-4,9-13H2. The first-order valence-corrected chi connectivity index (χ1v) is 8.44. The fourth-order valence-corrected chi connectivity index (χ4v) is 3.73. The van der Waals surface area contributed by atoms with Gasteiger partial charge in [-0.15, -0.1) is 0 Å². The van der Waals surface area contributed by atoms with E-state index in [2.05, 4.69) is 10.2 Å². The van der Waals surface area contributed by atoms with Crippen molar-refractivity contribution in [1.29, 1.82) is 0 Å². The van der Waals surface area contributed by atoms with Gasteiger partial charge in [-0.3, -0.25) is 10.1 Å². The van der Waals surface area contributed by atoms with Gasteiger partial charge in [0, 0.05) is 43.5 Å². The van der Waals surface area contributed by atoms with Gasteiger partial charge in [0.1, 0.15) is 0 Å². The van der Waals surface area contributed by atoms with Gasteiger partial charge in [0.05, 0.1) is 4.92 Å². The lowest BCUT2D eigenvalue weighted by Gasteiger charge is -2.34. The molecule has 0 bridgehead atoms. The monoisotopic (exact) mass is 303 g/mol. The Morgan fingerprint density at radius 3 is 2.32 bits per heavy atom. The maximum absolute atomic E-state index is 10.7. The van der Waals surface area contributed by atoms with Crippen LogP contribution in [0.2, 0.25) is 0 Å². The quantitative estimate of drug-likeness (QED) is 0.666. The molecule has 5 nitrogen and oxygen atoms in total. The molecule has 1 saturated carbocycles. The molecule has 1 heterocycles. The highest BCUT2D eigenvalue weighted by molar-refractivity contribution is 5.49. The fourth-order valence-electron chi connectivity index (χ4n) is 3.73. The molecule has 2 aliphatic rings. The van der Waals surface area contributed by atoms with Crippen molar-refractivity contribution in [3.63, 3.8) is 0 Å². The molecule has 0 radical (unpaired) electrons. The van der Waals surface area contributed by atoms with Gasteiger partial charge in [0.25, 0.3) is 5.69 Å². The number of likely N-dealkylation sites (tertiary alicyclic amines) is 1. The van der Waals surface area contributed by atoms with Crippen molar-refractivity contribution < 1.29 is 4.92 Å². The van der Waals surface area contributed by atoms with Gasteiger partial charge in [-0.1, -0.05) is 12.8 Å². The average molecular weight is 303 g/mol. The van der Waals surface area contributed by atoms with E-state index in [0.29, 0.717) is 6.04 Å². The van der Waals surface area contributed by atoms with Gasteiger partial charge in [-0.25, -0.2) is 0 Å². The number of piperidine rings is 1. The van der Waals surface area contributed by atoms with E-state index in [4.69, 9.17) is 0 Å². The summed E-state index contributed by atoms with van der Waals surface area (Å²) in [7, 11) is 0. The van der Waals surface area contributed by atoms with Crippen LogP contribution in [0.5, 0.6) is 0 Å². The van der Waals surface area contributed by atoms with Crippen LogP contribution in [0, 0.1) is 16.0 Å². The minimum Gasteiger partial charge on any atom is -0.382 e. The van der Waals surface area contributed by atoms with Crippen LogP contribution in [0.1, 0.15) is 38.5 Å². The van der Waals surface area contributed by atoms with Crippen LogP contribution in [0.15, 0.2) is 24.3 Å². The summed E-state index contributed by atoms with van der Waals surface area (Å²) in [5, 5.41) is 14.2. The Kier molecular flexibility index (Phi) is 4.93. The van der Waals surface area contributed by atoms with E-state index >= 15 is 0 Å². The zero-order chi connectivity index (χ0) is 15.4. The summed E-state index contributed by atoms with van der Waals surface area (Å²) in [4.78, 5) is 12.9. The highest BCUT2D eigenvalue weighted by Crippen LogP contribution is 2.27. The number of rotatable bonds is 5. The van der Waals surface area contributed by atoms with Crippen LogP contribution in [-0.2, 0) is 0 Å². The van der Waals surface area contributed by atoms with Crippen LogP contribution in [0.3, 0.4) is 0 Å². The molecule has 0 amide bonds. The number of hydrogen-bond donors (Lipinski definition) is 1. The molecule has 0 aromatic heterocycles. The summed E-state index contributed by atoms with van der Waals surface area (Å²) in [6.45, 7) is 3.62. The largest absolute Gasteiger partial charge is 0.382 e. The summed E-state index contributed by atoms with van der Waals surface area (Å²) < 4.78 is 0. The second-order valence-electron chi connectivity index (χ2n) is 6.67. The first-order valence-electron chi connectivity index (χ1n) is 8.44. The number of hydrogen-bond acceptors (Lipinski definition) is 4. The molecule has 120 valence electrons. The summed E-state index contributed by atoms with van der Waals surface area (Å²) in [5.74, 6) is 0.930. The van der Waals surface area contributed by atoms with Crippen LogP contribution < -0.4 is 5.32 Å². The Morgan fingerprint density at radius 1 is 1.09 bits per heavy atom. The molecular weight excluding hydrogens is 278 g/mol. The zero-order valence-electron chi connectivity index (χ0n) is 13.0. The second kappa shape index (κ2) is 7.09. The summed E-state index contributed by atoms with van der Waals surface area (Å²) in [5.41, 5.74) is 1.14. The van der Waals surface area contributed by atoms with E-state index in [1.807, 2.05) is 12.1 Å². The lowest BCUT2D eigenvalue weighted by Crippen LogP contribution is -2.41. The molecule has 2 fully saturated rings. The molecular formula is C17H25N3O2. The van der Waals surface area contributed by atoms with Gasteiger partial charge >= 0.3 is 0 Å². The number of nitrogens with one attached hydrogen (secondary N) is 1. The Balaban J connectivity index is 1.44. The first kappa shape index (κ1) is 15.3. The zero-order valence-corrected chi connectivity index (χ0v) is 13.0. The van der Waals surface area contributed by atoms with Gasteiger partial charge in [-0.05, 0) is 43.7 Å². The normalized spacial score (nSPS) is 21.1. The van der Waals surface area contributed by atoms with E-state index in [-0.39, 0.29) is 10.6 Å². The summed E-state index contributed by atoms with van der Waals surface area (Å²) >= 11 is 0. The second-order valence-corrected chi connectivity index (χ2v) is 6.67. The van der Waals surface area contributed by atoms with Crippen molar-refractivity contribution in [3.05, 3.63) is 34.4 Å². The highest BCUT2D eigenvalue weighted by atomic mass is 16.6. The summed E-state index contributed by atoms with van der Waals surface area (Å²) in [6.07, 6.45) is 7.99. The predicted molar refractivity (Wildman–Crippen MR) is 88.1 cm³/mol. The third-order valence-corrected chi connectivity index (χ3v) is 5.03. The Bertz CT molecular complexity index is 489. The number of nitrogens with zero attached hydrogens (tertiary/aromatic N) is 2. The van der Waals surface area contributed by atoms with Crippen molar-refractivity contribution >= 4 is 11.4 Å². The number of benzene rings is 1. The van der Waals surface area contributed by atoms with Gasteiger partial charge < -0.3 is 10.2 Å². The van der Waals surface area contributed by atoms with Gasteiger partial charge in [0.15, 0.2) is 0 Å². The van der Waals surface area contributed by atoms with Crippen molar-refractivity contribution in [2.24, 2.45) is 5.92 Å². The van der Waals surface area contributed by atoms with Crippen molar-refractivity contribution in [3.8, 4) is 0 Å². The Hall–Kier alpha value is -1.62. The molecule has 22 heavy (non-hydrogen) atoms. The van der Waals surface area contributed by atoms with E-state index < -0.39 is 0 Å². The molecule has 1 N–H and O–H groups in total. The Morgan fingerprint density at radius 2 is 1.73 bits per heavy atom. The third kappa shape index (κ3) is 3.97. The number of anilines is 1. The fraction of sp³-hybridized carbons (Fsp3) is 0.647. The van der Waals surface area contributed by atoms with Crippen LogP contribution in [0.25, 0.3) is 0 Å². The van der Waals surface area contributed by atoms with Crippen LogP contribution in [-0.4, -0.2) is 35.5 Å². The molecule has 0 atom stereocenters. The lowest BCUT2D eigenvalue weighted by atomic mass is 10.0. The van der Waals surface area contributed by atoms with Crippen molar-refractivity contribution in [2.45, 2.75) is 44.6 Å². The molecule has 1 saturated heterocycles. The van der Waals surface area contributed by atoms with E-state index in [0.717, 1.165) is 24.4 Å². The average Bonchev–Trinajstić information content (AvgIpc) is 3.03. The molecule has 3 rings (SSSR count). The molecule has 5 heteroatoms. The van der Waals surface area contributed by atoms with Gasteiger partial charge in [0.2, 0.25) is 0 Å². The van der Waals surface area contributed by atoms with E-state index in [1.54, 1.807) is 12.1 Å². The predicted octanol–water partition coefficient (Wildman–Crippen LogP) is 3.66. The molecule has 1 aromatic rings. The lowest BCUT2D eigenvalue weighted by molar-refractivity contribution is -0.384. The number of non-ortho nitro benzene ring substituents is 1. The van der Waals surface area contributed by atoms with Crippen LogP contribution in [0.4, 0.5) is 11.4 Å². The molecule has 1 aliphatic heterocycles. The number of nitro groups is 1. The molecule has 0 spiro atoms. The first-order chi connectivity index (χ1) is 10.7.